The zero-order chi connectivity index (χ0) is 14.9. The average Bonchev–Trinajstić information content (AvgIpc) is 3.19. The van der Waals surface area contributed by atoms with Gasteiger partial charge in [-0.2, -0.15) is 0 Å². The number of rotatable bonds is 6. The Morgan fingerprint density at radius 2 is 1.90 bits per heavy atom. The van der Waals surface area contributed by atoms with Crippen molar-refractivity contribution in [2.45, 2.75) is 77.8 Å². The molecular formula is C19H31NS. The monoisotopic (exact) mass is 305 g/mol. The molecule has 1 aromatic heterocycles. The summed E-state index contributed by atoms with van der Waals surface area (Å²) in [6, 6.07) is 5.93. The standard InChI is InChI=1S/C19H31NS/c1-4-19(2,3)15-9-11-16(12-10-15)20-18(14-7-8-14)17-6-5-13-21-17/h5-6,13-16,18,20H,4,7-12H2,1-3H3. The molecule has 1 atom stereocenters. The molecule has 0 radical (unpaired) electrons. The maximum atomic E-state index is 4.02. The average molecular weight is 306 g/mol. The molecule has 21 heavy (non-hydrogen) atoms. The van der Waals surface area contributed by atoms with E-state index in [1.807, 2.05) is 11.3 Å². The SMILES string of the molecule is CCC(C)(C)C1CCC(NC(c2cccs2)C2CC2)CC1. The van der Waals surface area contributed by atoms with Gasteiger partial charge < -0.3 is 5.32 Å². The first kappa shape index (κ1) is 15.6. The van der Waals surface area contributed by atoms with Gasteiger partial charge in [0.25, 0.3) is 0 Å². The molecule has 2 aliphatic carbocycles. The quantitative estimate of drug-likeness (QED) is 0.702. The molecule has 0 spiro atoms. The minimum atomic E-state index is 0.536. The van der Waals surface area contributed by atoms with E-state index < -0.39 is 0 Å². The Labute approximate surface area is 134 Å². The van der Waals surface area contributed by atoms with Gasteiger partial charge in [-0.15, -0.1) is 11.3 Å². The third-order valence-corrected chi connectivity index (χ3v) is 7.06. The van der Waals surface area contributed by atoms with Crippen molar-refractivity contribution in [1.29, 1.82) is 0 Å². The molecule has 1 heterocycles. The van der Waals surface area contributed by atoms with Crippen LogP contribution >= 0.6 is 11.3 Å². The Morgan fingerprint density at radius 1 is 1.19 bits per heavy atom. The van der Waals surface area contributed by atoms with E-state index in [0.717, 1.165) is 17.9 Å². The summed E-state index contributed by atoms with van der Waals surface area (Å²) in [6.45, 7) is 7.28. The summed E-state index contributed by atoms with van der Waals surface area (Å²) in [5, 5.41) is 6.25. The van der Waals surface area contributed by atoms with Gasteiger partial charge in [0.1, 0.15) is 0 Å². The lowest BCUT2D eigenvalue weighted by molar-refractivity contribution is 0.133. The molecule has 0 amide bonds. The summed E-state index contributed by atoms with van der Waals surface area (Å²) < 4.78 is 0. The molecule has 1 N–H and O–H groups in total. The third-order valence-electron chi connectivity index (χ3n) is 6.10. The number of hydrogen-bond donors (Lipinski definition) is 1. The van der Waals surface area contributed by atoms with Crippen LogP contribution in [-0.4, -0.2) is 6.04 Å². The predicted octanol–water partition coefficient (Wildman–Crippen LogP) is 5.78. The first-order valence-corrected chi connectivity index (χ1v) is 9.77. The highest BCUT2D eigenvalue weighted by molar-refractivity contribution is 7.10. The third kappa shape index (κ3) is 3.71. The van der Waals surface area contributed by atoms with Crippen LogP contribution in [0.4, 0.5) is 0 Å². The molecule has 1 unspecified atom stereocenters. The van der Waals surface area contributed by atoms with Crippen molar-refractivity contribution in [3.8, 4) is 0 Å². The topological polar surface area (TPSA) is 12.0 Å². The fraction of sp³-hybridized carbons (Fsp3) is 0.789. The van der Waals surface area contributed by atoms with E-state index in [9.17, 15) is 0 Å². The van der Waals surface area contributed by atoms with Crippen molar-refractivity contribution >= 4 is 11.3 Å². The molecule has 2 heteroatoms. The maximum Gasteiger partial charge on any atom is 0.0445 e. The van der Waals surface area contributed by atoms with Crippen LogP contribution in [0.3, 0.4) is 0 Å². The highest BCUT2D eigenvalue weighted by Gasteiger charge is 2.36. The van der Waals surface area contributed by atoms with Gasteiger partial charge in [-0.05, 0) is 67.2 Å². The van der Waals surface area contributed by atoms with Gasteiger partial charge in [0.2, 0.25) is 0 Å². The van der Waals surface area contributed by atoms with Gasteiger partial charge in [0, 0.05) is 17.0 Å². The summed E-state index contributed by atoms with van der Waals surface area (Å²) in [5.41, 5.74) is 0.536. The lowest BCUT2D eigenvalue weighted by atomic mass is 9.69. The van der Waals surface area contributed by atoms with E-state index in [2.05, 4.69) is 43.6 Å². The number of nitrogens with one attached hydrogen (secondary N) is 1. The molecule has 2 saturated carbocycles. The maximum absolute atomic E-state index is 4.02. The van der Waals surface area contributed by atoms with E-state index >= 15 is 0 Å². The minimum absolute atomic E-state index is 0.536. The Morgan fingerprint density at radius 3 is 2.43 bits per heavy atom. The summed E-state index contributed by atoms with van der Waals surface area (Å²) >= 11 is 1.93. The highest BCUT2D eigenvalue weighted by Crippen LogP contribution is 2.45. The lowest BCUT2D eigenvalue weighted by Gasteiger charge is -2.40. The van der Waals surface area contributed by atoms with Crippen molar-refractivity contribution in [1.82, 2.24) is 5.32 Å². The second-order valence-corrected chi connectivity index (χ2v) is 8.87. The van der Waals surface area contributed by atoms with Crippen LogP contribution in [-0.2, 0) is 0 Å². The molecule has 1 nitrogen and oxygen atoms in total. The Kier molecular flexibility index (Phi) is 4.75. The molecule has 2 aliphatic rings. The van der Waals surface area contributed by atoms with Gasteiger partial charge in [0.15, 0.2) is 0 Å². The Hall–Kier alpha value is -0.340. The molecule has 1 aromatic rings. The van der Waals surface area contributed by atoms with Gasteiger partial charge >= 0.3 is 0 Å². The van der Waals surface area contributed by atoms with Crippen molar-refractivity contribution in [2.75, 3.05) is 0 Å². The first-order valence-electron chi connectivity index (χ1n) is 8.89. The molecule has 118 valence electrons. The van der Waals surface area contributed by atoms with Crippen LogP contribution in [0.1, 0.15) is 76.6 Å². The van der Waals surface area contributed by atoms with E-state index in [4.69, 9.17) is 0 Å². The van der Waals surface area contributed by atoms with E-state index in [-0.39, 0.29) is 0 Å². The van der Waals surface area contributed by atoms with Crippen molar-refractivity contribution in [2.24, 2.45) is 17.3 Å². The lowest BCUT2D eigenvalue weighted by Crippen LogP contribution is -2.39. The molecular weight excluding hydrogens is 274 g/mol. The zero-order valence-electron chi connectivity index (χ0n) is 13.9. The molecule has 0 aliphatic heterocycles. The van der Waals surface area contributed by atoms with Gasteiger partial charge in [0.05, 0.1) is 0 Å². The molecule has 3 rings (SSSR count). The number of hydrogen-bond acceptors (Lipinski definition) is 2. The van der Waals surface area contributed by atoms with Crippen LogP contribution in [0.5, 0.6) is 0 Å². The van der Waals surface area contributed by atoms with Gasteiger partial charge in [-0.25, -0.2) is 0 Å². The normalized spacial score (nSPS) is 28.5. The largest absolute Gasteiger partial charge is 0.306 e. The van der Waals surface area contributed by atoms with Crippen molar-refractivity contribution < 1.29 is 0 Å². The van der Waals surface area contributed by atoms with Crippen molar-refractivity contribution in [3.05, 3.63) is 22.4 Å². The van der Waals surface area contributed by atoms with Gasteiger partial charge in [-0.3, -0.25) is 0 Å². The van der Waals surface area contributed by atoms with Crippen LogP contribution < -0.4 is 5.32 Å². The van der Waals surface area contributed by atoms with Crippen LogP contribution in [0.15, 0.2) is 17.5 Å². The second-order valence-electron chi connectivity index (χ2n) is 7.89. The van der Waals surface area contributed by atoms with Crippen LogP contribution in [0.2, 0.25) is 0 Å². The molecule has 0 aromatic carbocycles. The fourth-order valence-electron chi connectivity index (χ4n) is 3.93. The van der Waals surface area contributed by atoms with Crippen LogP contribution in [0.25, 0.3) is 0 Å². The highest BCUT2D eigenvalue weighted by atomic mass is 32.1. The van der Waals surface area contributed by atoms with Gasteiger partial charge in [-0.1, -0.05) is 33.3 Å². The summed E-state index contributed by atoms with van der Waals surface area (Å²) in [6.07, 6.45) is 9.75. The predicted molar refractivity (Wildman–Crippen MR) is 92.7 cm³/mol. The Balaban J connectivity index is 1.55. The fourth-order valence-corrected chi connectivity index (χ4v) is 4.81. The van der Waals surface area contributed by atoms with E-state index in [0.29, 0.717) is 11.5 Å². The molecule has 0 bridgehead atoms. The smallest absolute Gasteiger partial charge is 0.0445 e. The first-order chi connectivity index (χ1) is 10.1. The summed E-state index contributed by atoms with van der Waals surface area (Å²) in [5.74, 6) is 1.84. The Bertz CT molecular complexity index is 424. The summed E-state index contributed by atoms with van der Waals surface area (Å²) in [7, 11) is 0. The van der Waals surface area contributed by atoms with E-state index in [1.165, 1.54) is 44.9 Å². The van der Waals surface area contributed by atoms with E-state index in [1.54, 1.807) is 4.88 Å². The molecule has 2 fully saturated rings. The van der Waals surface area contributed by atoms with Crippen molar-refractivity contribution in [3.63, 3.8) is 0 Å². The summed E-state index contributed by atoms with van der Waals surface area (Å²) in [4.78, 5) is 1.56. The second kappa shape index (κ2) is 6.42. The molecule has 0 saturated heterocycles. The zero-order valence-corrected chi connectivity index (χ0v) is 14.7. The van der Waals surface area contributed by atoms with Crippen LogP contribution in [0, 0.1) is 17.3 Å². The number of thiophene rings is 1. The minimum Gasteiger partial charge on any atom is -0.306 e.